The maximum atomic E-state index is 11.8. The van der Waals surface area contributed by atoms with Gasteiger partial charge >= 0.3 is 6.09 Å². The minimum absolute atomic E-state index is 0.116. The summed E-state index contributed by atoms with van der Waals surface area (Å²) in [4.78, 5) is 14.0. The molecule has 23 heavy (non-hydrogen) atoms. The molecule has 0 spiro atoms. The summed E-state index contributed by atoms with van der Waals surface area (Å²) in [5.41, 5.74) is 7.26. The summed E-state index contributed by atoms with van der Waals surface area (Å²) < 4.78 is 5.28. The Balaban J connectivity index is 1.89. The quantitative estimate of drug-likeness (QED) is 0.818. The predicted molar refractivity (Wildman–Crippen MR) is 90.2 cm³/mol. The first-order valence-corrected chi connectivity index (χ1v) is 7.82. The Morgan fingerprint density at radius 1 is 1.39 bits per heavy atom. The monoisotopic (exact) mass is 316 g/mol. The van der Waals surface area contributed by atoms with E-state index in [1.165, 1.54) is 0 Å². The van der Waals surface area contributed by atoms with Crippen molar-refractivity contribution in [2.45, 2.75) is 45.3 Å². The highest BCUT2D eigenvalue weighted by Crippen LogP contribution is 2.24. The highest BCUT2D eigenvalue weighted by molar-refractivity contribution is 5.68. The summed E-state index contributed by atoms with van der Waals surface area (Å²) in [5, 5.41) is 12.0. The molecular formula is C17H24N4O2. The SMILES string of the molecule is CC(C)(C)OC(=O)NC1CCN(c2ccc(N)c(C#N)c2)CC1. The molecule has 6 nitrogen and oxygen atoms in total. The molecule has 0 aromatic heterocycles. The van der Waals surface area contributed by atoms with Crippen LogP contribution in [0.1, 0.15) is 39.2 Å². The van der Waals surface area contributed by atoms with Crippen LogP contribution < -0.4 is 16.0 Å². The number of carbonyl (C=O) groups excluding carboxylic acids is 1. The zero-order valence-electron chi connectivity index (χ0n) is 13.9. The number of alkyl carbamates (subject to hydrolysis) is 1. The van der Waals surface area contributed by atoms with E-state index in [1.807, 2.05) is 32.9 Å². The van der Waals surface area contributed by atoms with Crippen LogP contribution in [-0.2, 0) is 4.74 Å². The van der Waals surface area contributed by atoms with Crippen molar-refractivity contribution in [2.75, 3.05) is 23.7 Å². The average Bonchev–Trinajstić information content (AvgIpc) is 2.46. The Hall–Kier alpha value is -2.42. The number of anilines is 2. The molecule has 1 amide bonds. The van der Waals surface area contributed by atoms with Crippen molar-refractivity contribution in [2.24, 2.45) is 0 Å². The third kappa shape index (κ3) is 4.78. The molecule has 1 aliphatic rings. The summed E-state index contributed by atoms with van der Waals surface area (Å²) in [5.74, 6) is 0. The molecule has 1 aromatic carbocycles. The van der Waals surface area contributed by atoms with Crippen molar-refractivity contribution in [3.05, 3.63) is 23.8 Å². The van der Waals surface area contributed by atoms with Gasteiger partial charge in [-0.05, 0) is 51.8 Å². The fraction of sp³-hybridized carbons (Fsp3) is 0.529. The summed E-state index contributed by atoms with van der Waals surface area (Å²) >= 11 is 0. The molecule has 2 rings (SSSR count). The highest BCUT2D eigenvalue weighted by Gasteiger charge is 2.23. The van der Waals surface area contributed by atoms with Crippen LogP contribution in [0.5, 0.6) is 0 Å². The number of nitrogens with zero attached hydrogens (tertiary/aromatic N) is 2. The van der Waals surface area contributed by atoms with Crippen LogP contribution in [-0.4, -0.2) is 30.8 Å². The lowest BCUT2D eigenvalue weighted by Crippen LogP contribution is -2.46. The van der Waals surface area contributed by atoms with Gasteiger partial charge in [0.25, 0.3) is 0 Å². The number of nitrogens with two attached hydrogens (primary N) is 1. The van der Waals surface area contributed by atoms with E-state index in [9.17, 15) is 4.79 Å². The van der Waals surface area contributed by atoms with Crippen LogP contribution in [0.4, 0.5) is 16.2 Å². The highest BCUT2D eigenvalue weighted by atomic mass is 16.6. The first kappa shape index (κ1) is 16.9. The second-order valence-electron chi connectivity index (χ2n) is 6.79. The van der Waals surface area contributed by atoms with Crippen LogP contribution in [0.3, 0.4) is 0 Å². The van der Waals surface area contributed by atoms with E-state index >= 15 is 0 Å². The molecule has 1 aliphatic heterocycles. The molecular weight excluding hydrogens is 292 g/mol. The van der Waals surface area contributed by atoms with Gasteiger partial charge in [-0.25, -0.2) is 4.79 Å². The third-order valence-electron chi connectivity index (χ3n) is 3.74. The first-order chi connectivity index (χ1) is 10.8. The zero-order valence-corrected chi connectivity index (χ0v) is 13.9. The second-order valence-corrected chi connectivity index (χ2v) is 6.79. The second kappa shape index (κ2) is 6.78. The molecule has 0 saturated carbocycles. The lowest BCUT2D eigenvalue weighted by molar-refractivity contribution is 0.0497. The van der Waals surface area contributed by atoms with Crippen molar-refractivity contribution in [1.82, 2.24) is 5.32 Å². The number of amides is 1. The van der Waals surface area contributed by atoms with Crippen LogP contribution in [0, 0.1) is 11.3 Å². The number of nitrogens with one attached hydrogen (secondary N) is 1. The number of benzene rings is 1. The largest absolute Gasteiger partial charge is 0.444 e. The van der Waals surface area contributed by atoms with E-state index in [-0.39, 0.29) is 12.1 Å². The molecule has 0 radical (unpaired) electrons. The number of hydrogen-bond acceptors (Lipinski definition) is 5. The Bertz CT molecular complexity index is 608. The van der Waals surface area contributed by atoms with Crippen LogP contribution in [0.25, 0.3) is 0 Å². The van der Waals surface area contributed by atoms with Gasteiger partial charge in [-0.2, -0.15) is 5.26 Å². The molecule has 6 heteroatoms. The summed E-state index contributed by atoms with van der Waals surface area (Å²) in [6.07, 6.45) is 1.31. The minimum Gasteiger partial charge on any atom is -0.444 e. The van der Waals surface area contributed by atoms with Gasteiger partial charge in [-0.3, -0.25) is 0 Å². The number of rotatable bonds is 2. The summed E-state index contributed by atoms with van der Waals surface area (Å²) in [6, 6.07) is 7.73. The number of piperidine rings is 1. The summed E-state index contributed by atoms with van der Waals surface area (Å²) in [7, 11) is 0. The molecule has 1 saturated heterocycles. The van der Waals surface area contributed by atoms with Crippen molar-refractivity contribution in [1.29, 1.82) is 5.26 Å². The normalized spacial score (nSPS) is 15.8. The molecule has 124 valence electrons. The fourth-order valence-corrected chi connectivity index (χ4v) is 2.59. The summed E-state index contributed by atoms with van der Waals surface area (Å²) in [6.45, 7) is 7.18. The fourth-order valence-electron chi connectivity index (χ4n) is 2.59. The van der Waals surface area contributed by atoms with E-state index in [0.29, 0.717) is 11.3 Å². The van der Waals surface area contributed by atoms with Gasteiger partial charge in [-0.1, -0.05) is 0 Å². The van der Waals surface area contributed by atoms with Crippen LogP contribution in [0.2, 0.25) is 0 Å². The topological polar surface area (TPSA) is 91.4 Å². The number of nitrogen functional groups attached to an aromatic ring is 1. The predicted octanol–water partition coefficient (Wildman–Crippen LogP) is 2.63. The average molecular weight is 316 g/mol. The van der Waals surface area contributed by atoms with Crippen LogP contribution >= 0.6 is 0 Å². The van der Waals surface area contributed by atoms with Gasteiger partial charge in [0.05, 0.1) is 5.56 Å². The van der Waals surface area contributed by atoms with Crippen LogP contribution in [0.15, 0.2) is 18.2 Å². The Kier molecular flexibility index (Phi) is 4.99. The van der Waals surface area contributed by atoms with Gasteiger partial charge in [0.1, 0.15) is 11.7 Å². The van der Waals surface area contributed by atoms with E-state index in [4.69, 9.17) is 15.7 Å². The van der Waals surface area contributed by atoms with Gasteiger partial charge in [0.2, 0.25) is 0 Å². The maximum Gasteiger partial charge on any atom is 0.407 e. The lowest BCUT2D eigenvalue weighted by Gasteiger charge is -2.34. The number of nitriles is 1. The van der Waals surface area contributed by atoms with Gasteiger partial charge < -0.3 is 20.7 Å². The van der Waals surface area contributed by atoms with Crippen molar-refractivity contribution in [3.63, 3.8) is 0 Å². The first-order valence-electron chi connectivity index (χ1n) is 7.82. The Labute approximate surface area is 137 Å². The molecule has 1 fully saturated rings. The van der Waals surface area contributed by atoms with Gasteiger partial charge in [0.15, 0.2) is 0 Å². The van der Waals surface area contributed by atoms with Crippen molar-refractivity contribution in [3.8, 4) is 6.07 Å². The smallest absolute Gasteiger partial charge is 0.407 e. The number of ether oxygens (including phenoxy) is 1. The van der Waals surface area contributed by atoms with Crippen molar-refractivity contribution >= 4 is 17.5 Å². The lowest BCUT2D eigenvalue weighted by atomic mass is 10.0. The number of hydrogen-bond donors (Lipinski definition) is 2. The molecule has 1 heterocycles. The molecule has 3 N–H and O–H groups in total. The van der Waals surface area contributed by atoms with E-state index in [2.05, 4.69) is 16.3 Å². The van der Waals surface area contributed by atoms with Crippen molar-refractivity contribution < 1.29 is 9.53 Å². The standard InChI is InChI=1S/C17H24N4O2/c1-17(2,3)23-16(22)20-13-6-8-21(9-7-13)14-4-5-15(19)12(10-14)11-18/h4-5,10,13H,6-9,19H2,1-3H3,(H,20,22). The zero-order chi connectivity index (χ0) is 17.0. The molecule has 1 aromatic rings. The van der Waals surface area contributed by atoms with Gasteiger partial charge in [-0.15, -0.1) is 0 Å². The molecule has 0 atom stereocenters. The molecule has 0 aliphatic carbocycles. The Morgan fingerprint density at radius 3 is 2.61 bits per heavy atom. The van der Waals surface area contributed by atoms with E-state index in [1.54, 1.807) is 6.07 Å². The van der Waals surface area contributed by atoms with Gasteiger partial charge in [0, 0.05) is 30.5 Å². The molecule has 0 unspecified atom stereocenters. The van der Waals surface area contributed by atoms with E-state index < -0.39 is 5.60 Å². The molecule has 0 bridgehead atoms. The van der Waals surface area contributed by atoms with E-state index in [0.717, 1.165) is 31.6 Å². The number of carbonyl (C=O) groups is 1. The maximum absolute atomic E-state index is 11.8. The Morgan fingerprint density at radius 2 is 2.04 bits per heavy atom. The third-order valence-corrected chi connectivity index (χ3v) is 3.74. The minimum atomic E-state index is -0.484.